The van der Waals surface area contributed by atoms with E-state index in [4.69, 9.17) is 4.52 Å². The minimum atomic E-state index is 0.598. The SMILES string of the molecule is Brc1cccc(-c2noc(CCCc3nn[nH]n3)n2)c1. The van der Waals surface area contributed by atoms with Gasteiger partial charge in [0.15, 0.2) is 5.82 Å². The van der Waals surface area contributed by atoms with Gasteiger partial charge in [0.2, 0.25) is 11.7 Å². The zero-order chi connectivity index (χ0) is 13.8. The average molecular weight is 335 g/mol. The van der Waals surface area contributed by atoms with Crippen molar-refractivity contribution in [1.82, 2.24) is 30.8 Å². The molecular formula is C12H11BrN6O. The summed E-state index contributed by atoms with van der Waals surface area (Å²) in [6.45, 7) is 0. The molecule has 0 radical (unpaired) electrons. The number of rotatable bonds is 5. The van der Waals surface area contributed by atoms with E-state index >= 15 is 0 Å². The van der Waals surface area contributed by atoms with Crippen LogP contribution in [0.15, 0.2) is 33.3 Å². The van der Waals surface area contributed by atoms with Crippen molar-refractivity contribution in [3.63, 3.8) is 0 Å². The Morgan fingerprint density at radius 3 is 3.00 bits per heavy atom. The zero-order valence-electron chi connectivity index (χ0n) is 10.5. The summed E-state index contributed by atoms with van der Waals surface area (Å²) >= 11 is 3.42. The molecule has 20 heavy (non-hydrogen) atoms. The second-order valence-corrected chi connectivity index (χ2v) is 5.12. The molecule has 2 aromatic heterocycles. The highest BCUT2D eigenvalue weighted by atomic mass is 79.9. The van der Waals surface area contributed by atoms with Crippen LogP contribution >= 0.6 is 15.9 Å². The van der Waals surface area contributed by atoms with Crippen LogP contribution in [0.4, 0.5) is 0 Å². The second-order valence-electron chi connectivity index (χ2n) is 4.20. The third-order valence-corrected chi connectivity index (χ3v) is 3.22. The Labute approximate surface area is 122 Å². The molecular weight excluding hydrogens is 324 g/mol. The van der Waals surface area contributed by atoms with Crippen molar-refractivity contribution in [1.29, 1.82) is 0 Å². The molecule has 0 spiro atoms. The van der Waals surface area contributed by atoms with Crippen LogP contribution in [-0.4, -0.2) is 30.8 Å². The summed E-state index contributed by atoms with van der Waals surface area (Å²) in [4.78, 5) is 4.38. The first-order valence-corrected chi connectivity index (χ1v) is 6.91. The molecule has 3 aromatic rings. The Morgan fingerprint density at radius 2 is 2.20 bits per heavy atom. The molecule has 0 fully saturated rings. The summed E-state index contributed by atoms with van der Waals surface area (Å²) < 4.78 is 6.22. The summed E-state index contributed by atoms with van der Waals surface area (Å²) in [6.07, 6.45) is 2.25. The second kappa shape index (κ2) is 5.91. The molecule has 0 saturated heterocycles. The van der Waals surface area contributed by atoms with E-state index in [-0.39, 0.29) is 0 Å². The molecule has 7 nitrogen and oxygen atoms in total. The van der Waals surface area contributed by atoms with Crippen molar-refractivity contribution >= 4 is 15.9 Å². The van der Waals surface area contributed by atoms with Crippen LogP contribution in [0.1, 0.15) is 18.1 Å². The average Bonchev–Trinajstić information content (AvgIpc) is 3.10. The van der Waals surface area contributed by atoms with Crippen LogP contribution in [0.25, 0.3) is 11.4 Å². The quantitative estimate of drug-likeness (QED) is 0.768. The zero-order valence-corrected chi connectivity index (χ0v) is 12.0. The van der Waals surface area contributed by atoms with Gasteiger partial charge in [-0.1, -0.05) is 38.4 Å². The number of halogens is 1. The highest BCUT2D eigenvalue weighted by molar-refractivity contribution is 9.10. The van der Waals surface area contributed by atoms with Gasteiger partial charge < -0.3 is 4.52 Å². The van der Waals surface area contributed by atoms with Crippen molar-refractivity contribution in [2.45, 2.75) is 19.3 Å². The van der Waals surface area contributed by atoms with E-state index in [9.17, 15) is 0 Å². The lowest BCUT2D eigenvalue weighted by atomic mass is 10.2. The number of aromatic nitrogens is 6. The highest BCUT2D eigenvalue weighted by Gasteiger charge is 2.09. The van der Waals surface area contributed by atoms with E-state index in [0.717, 1.165) is 22.9 Å². The predicted octanol–water partition coefficient (Wildman–Crippen LogP) is 2.19. The monoisotopic (exact) mass is 334 g/mol. The number of nitrogens with one attached hydrogen (secondary N) is 1. The van der Waals surface area contributed by atoms with Crippen molar-refractivity contribution in [2.75, 3.05) is 0 Å². The molecule has 0 amide bonds. The van der Waals surface area contributed by atoms with Crippen LogP contribution in [-0.2, 0) is 12.8 Å². The van der Waals surface area contributed by atoms with Crippen LogP contribution in [0.5, 0.6) is 0 Å². The maximum atomic E-state index is 5.24. The van der Waals surface area contributed by atoms with Crippen LogP contribution < -0.4 is 0 Å². The summed E-state index contributed by atoms with van der Waals surface area (Å²) in [6, 6.07) is 7.79. The smallest absolute Gasteiger partial charge is 0.226 e. The van der Waals surface area contributed by atoms with Crippen molar-refractivity contribution in [2.24, 2.45) is 0 Å². The van der Waals surface area contributed by atoms with E-state index in [1.54, 1.807) is 0 Å². The number of hydrogen-bond donors (Lipinski definition) is 1. The van der Waals surface area contributed by atoms with E-state index in [0.29, 0.717) is 24.0 Å². The Hall–Kier alpha value is -2.09. The number of aromatic amines is 1. The van der Waals surface area contributed by atoms with Crippen molar-refractivity contribution in [3.05, 3.63) is 40.5 Å². The summed E-state index contributed by atoms with van der Waals surface area (Å²) in [7, 11) is 0. The number of aryl methyl sites for hydroxylation is 2. The molecule has 2 heterocycles. The Kier molecular flexibility index (Phi) is 3.82. The van der Waals surface area contributed by atoms with E-state index < -0.39 is 0 Å². The lowest BCUT2D eigenvalue weighted by molar-refractivity contribution is 0.375. The molecule has 0 aliphatic heterocycles. The van der Waals surface area contributed by atoms with E-state index in [1.165, 1.54) is 0 Å². The molecule has 102 valence electrons. The molecule has 1 N–H and O–H groups in total. The standard InChI is InChI=1S/C12H11BrN6O/c13-9-4-1-3-8(7-9)12-14-11(20-17-12)6-2-5-10-15-18-19-16-10/h1,3-4,7H,2,5-6H2,(H,15,16,18,19). The molecule has 0 atom stereocenters. The number of hydrogen-bond acceptors (Lipinski definition) is 6. The van der Waals surface area contributed by atoms with Gasteiger partial charge in [0, 0.05) is 22.9 Å². The molecule has 0 bridgehead atoms. The Bertz CT molecular complexity index is 681. The van der Waals surface area contributed by atoms with Crippen LogP contribution in [0.2, 0.25) is 0 Å². The number of tetrazole rings is 1. The molecule has 0 aliphatic carbocycles. The molecule has 0 saturated carbocycles. The van der Waals surface area contributed by atoms with E-state index in [2.05, 4.69) is 46.7 Å². The lowest BCUT2D eigenvalue weighted by Gasteiger charge is -1.94. The molecule has 0 aliphatic rings. The van der Waals surface area contributed by atoms with E-state index in [1.807, 2.05) is 24.3 Å². The largest absolute Gasteiger partial charge is 0.339 e. The van der Waals surface area contributed by atoms with Crippen molar-refractivity contribution < 1.29 is 4.52 Å². The highest BCUT2D eigenvalue weighted by Crippen LogP contribution is 2.20. The number of nitrogens with zero attached hydrogens (tertiary/aromatic N) is 5. The molecule has 0 unspecified atom stereocenters. The van der Waals surface area contributed by atoms with Crippen LogP contribution in [0, 0.1) is 0 Å². The van der Waals surface area contributed by atoms with Crippen molar-refractivity contribution in [3.8, 4) is 11.4 Å². The van der Waals surface area contributed by atoms with Gasteiger partial charge in [0.05, 0.1) is 0 Å². The van der Waals surface area contributed by atoms with Gasteiger partial charge in [0.25, 0.3) is 0 Å². The first kappa shape index (κ1) is 12.9. The Morgan fingerprint density at radius 1 is 1.25 bits per heavy atom. The Balaban J connectivity index is 1.62. The fraction of sp³-hybridized carbons (Fsp3) is 0.250. The first-order chi connectivity index (χ1) is 9.81. The summed E-state index contributed by atoms with van der Waals surface area (Å²) in [5, 5.41) is 17.7. The van der Waals surface area contributed by atoms with Gasteiger partial charge >= 0.3 is 0 Å². The fourth-order valence-corrected chi connectivity index (χ4v) is 2.19. The van der Waals surface area contributed by atoms with Gasteiger partial charge in [-0.25, -0.2) is 0 Å². The lowest BCUT2D eigenvalue weighted by Crippen LogP contribution is -1.92. The van der Waals surface area contributed by atoms with Gasteiger partial charge in [-0.3, -0.25) is 0 Å². The normalized spacial score (nSPS) is 10.8. The predicted molar refractivity (Wildman–Crippen MR) is 73.6 cm³/mol. The number of benzene rings is 1. The third-order valence-electron chi connectivity index (χ3n) is 2.73. The number of H-pyrrole nitrogens is 1. The van der Waals surface area contributed by atoms with Gasteiger partial charge in [-0.05, 0) is 18.6 Å². The summed E-state index contributed by atoms with van der Waals surface area (Å²) in [5.74, 6) is 1.90. The van der Waals surface area contributed by atoms with Gasteiger partial charge in [-0.2, -0.15) is 10.2 Å². The third kappa shape index (κ3) is 3.08. The first-order valence-electron chi connectivity index (χ1n) is 6.12. The molecule has 3 rings (SSSR count). The topological polar surface area (TPSA) is 93.4 Å². The van der Waals surface area contributed by atoms with Crippen LogP contribution in [0.3, 0.4) is 0 Å². The maximum absolute atomic E-state index is 5.24. The van der Waals surface area contributed by atoms with Gasteiger partial charge in [-0.15, -0.1) is 10.2 Å². The minimum Gasteiger partial charge on any atom is -0.339 e. The van der Waals surface area contributed by atoms with Gasteiger partial charge in [0.1, 0.15) is 0 Å². The molecule has 8 heteroatoms. The fourth-order valence-electron chi connectivity index (χ4n) is 1.79. The maximum Gasteiger partial charge on any atom is 0.226 e. The summed E-state index contributed by atoms with van der Waals surface area (Å²) in [5.41, 5.74) is 0.924. The minimum absolute atomic E-state index is 0.598. The molecule has 1 aromatic carbocycles.